The summed E-state index contributed by atoms with van der Waals surface area (Å²) >= 11 is 0. The Hall–Kier alpha value is -2.62. The SMILES string of the molecule is CCCCc1nc2ccccc2n1Cc1ccc(C(=O)O)c(C)c1C. The Bertz CT molecular complexity index is 925. The van der Waals surface area contributed by atoms with Crippen LogP contribution in [0.5, 0.6) is 0 Å². The van der Waals surface area contributed by atoms with Gasteiger partial charge in [0, 0.05) is 13.0 Å². The summed E-state index contributed by atoms with van der Waals surface area (Å²) in [5.41, 5.74) is 5.55. The Kier molecular flexibility index (Phi) is 4.88. The van der Waals surface area contributed by atoms with E-state index in [9.17, 15) is 9.90 Å². The van der Waals surface area contributed by atoms with Crippen LogP contribution in [0.4, 0.5) is 0 Å². The number of aryl methyl sites for hydroxylation is 1. The van der Waals surface area contributed by atoms with Crippen LogP contribution < -0.4 is 0 Å². The Balaban J connectivity index is 2.05. The maximum absolute atomic E-state index is 11.3. The number of benzene rings is 2. The highest BCUT2D eigenvalue weighted by molar-refractivity contribution is 5.89. The van der Waals surface area contributed by atoms with E-state index in [4.69, 9.17) is 4.98 Å². The fourth-order valence-electron chi connectivity index (χ4n) is 3.28. The van der Waals surface area contributed by atoms with Gasteiger partial charge in [-0.15, -0.1) is 0 Å². The molecule has 0 aliphatic rings. The van der Waals surface area contributed by atoms with E-state index < -0.39 is 5.97 Å². The standard InChI is InChI=1S/C21H24N2O2/c1-4-5-10-20-22-18-8-6-7-9-19(18)23(20)13-16-11-12-17(21(24)25)15(3)14(16)2/h6-9,11-12H,4-5,10,13H2,1-3H3,(H,24,25). The van der Waals surface area contributed by atoms with Crippen molar-refractivity contribution < 1.29 is 9.90 Å². The fourth-order valence-corrected chi connectivity index (χ4v) is 3.28. The third kappa shape index (κ3) is 3.29. The summed E-state index contributed by atoms with van der Waals surface area (Å²) in [6.45, 7) is 6.78. The second-order valence-corrected chi connectivity index (χ2v) is 6.53. The molecule has 25 heavy (non-hydrogen) atoms. The molecular formula is C21H24N2O2. The lowest BCUT2D eigenvalue weighted by Gasteiger charge is -2.14. The molecule has 0 aliphatic carbocycles. The molecule has 0 atom stereocenters. The first-order valence-corrected chi connectivity index (χ1v) is 8.79. The monoisotopic (exact) mass is 336 g/mol. The Morgan fingerprint density at radius 2 is 1.88 bits per heavy atom. The van der Waals surface area contributed by atoms with E-state index in [1.165, 1.54) is 0 Å². The molecule has 3 rings (SSSR count). The molecule has 0 saturated carbocycles. The molecule has 0 fully saturated rings. The average molecular weight is 336 g/mol. The van der Waals surface area contributed by atoms with Crippen LogP contribution in [0.3, 0.4) is 0 Å². The van der Waals surface area contributed by atoms with Gasteiger partial charge in [0.2, 0.25) is 0 Å². The summed E-state index contributed by atoms with van der Waals surface area (Å²) in [6, 6.07) is 11.9. The van der Waals surface area contributed by atoms with Crippen molar-refractivity contribution in [2.75, 3.05) is 0 Å². The number of imidazole rings is 1. The summed E-state index contributed by atoms with van der Waals surface area (Å²) in [5.74, 6) is 0.228. The minimum Gasteiger partial charge on any atom is -0.478 e. The molecule has 1 N–H and O–H groups in total. The zero-order valence-corrected chi connectivity index (χ0v) is 15.0. The first-order valence-electron chi connectivity index (χ1n) is 8.79. The van der Waals surface area contributed by atoms with Gasteiger partial charge in [0.15, 0.2) is 0 Å². The number of carboxylic acid groups (broad SMARTS) is 1. The number of carboxylic acids is 1. The van der Waals surface area contributed by atoms with Crippen molar-refractivity contribution >= 4 is 17.0 Å². The predicted octanol–water partition coefficient (Wildman–Crippen LogP) is 4.74. The van der Waals surface area contributed by atoms with Crippen molar-refractivity contribution in [1.29, 1.82) is 0 Å². The molecule has 0 unspecified atom stereocenters. The number of hydrogen-bond donors (Lipinski definition) is 1. The largest absolute Gasteiger partial charge is 0.478 e. The maximum Gasteiger partial charge on any atom is 0.335 e. The number of unbranched alkanes of at least 4 members (excludes halogenated alkanes) is 1. The summed E-state index contributed by atoms with van der Waals surface area (Å²) in [4.78, 5) is 16.1. The summed E-state index contributed by atoms with van der Waals surface area (Å²) in [5, 5.41) is 9.31. The first-order chi connectivity index (χ1) is 12.0. The van der Waals surface area contributed by atoms with Crippen LogP contribution in [-0.4, -0.2) is 20.6 Å². The Morgan fingerprint density at radius 3 is 2.60 bits per heavy atom. The molecule has 0 bridgehead atoms. The molecule has 1 heterocycles. The first kappa shape index (κ1) is 17.2. The van der Waals surface area contributed by atoms with Crippen molar-refractivity contribution in [3.63, 3.8) is 0 Å². The number of carbonyl (C=O) groups is 1. The van der Waals surface area contributed by atoms with Gasteiger partial charge in [-0.1, -0.05) is 31.5 Å². The number of para-hydroxylation sites is 2. The number of fused-ring (bicyclic) bond motifs is 1. The zero-order valence-electron chi connectivity index (χ0n) is 15.0. The summed E-state index contributed by atoms with van der Waals surface area (Å²) in [7, 11) is 0. The summed E-state index contributed by atoms with van der Waals surface area (Å²) < 4.78 is 2.27. The highest BCUT2D eigenvalue weighted by atomic mass is 16.4. The molecule has 4 nitrogen and oxygen atoms in total. The Morgan fingerprint density at radius 1 is 1.12 bits per heavy atom. The quantitative estimate of drug-likeness (QED) is 0.707. The minimum atomic E-state index is -0.871. The van der Waals surface area contributed by atoms with Crippen molar-refractivity contribution in [3.8, 4) is 0 Å². The van der Waals surface area contributed by atoms with Crippen LogP contribution in [0.1, 0.15) is 52.6 Å². The van der Waals surface area contributed by atoms with Crippen molar-refractivity contribution in [3.05, 3.63) is 64.5 Å². The van der Waals surface area contributed by atoms with Gasteiger partial charge in [0.05, 0.1) is 16.6 Å². The zero-order chi connectivity index (χ0) is 18.0. The van der Waals surface area contributed by atoms with E-state index in [0.717, 1.165) is 52.8 Å². The molecule has 0 saturated heterocycles. The second-order valence-electron chi connectivity index (χ2n) is 6.53. The average Bonchev–Trinajstić information content (AvgIpc) is 2.94. The van der Waals surface area contributed by atoms with Crippen LogP contribution in [0.25, 0.3) is 11.0 Å². The number of hydrogen-bond acceptors (Lipinski definition) is 2. The van der Waals surface area contributed by atoms with E-state index in [0.29, 0.717) is 12.1 Å². The van der Waals surface area contributed by atoms with E-state index in [2.05, 4.69) is 17.6 Å². The van der Waals surface area contributed by atoms with Gasteiger partial charge < -0.3 is 9.67 Å². The molecule has 0 spiro atoms. The van der Waals surface area contributed by atoms with E-state index in [-0.39, 0.29) is 0 Å². The van der Waals surface area contributed by atoms with Gasteiger partial charge in [-0.2, -0.15) is 0 Å². The Labute approximate surface area is 148 Å². The lowest BCUT2D eigenvalue weighted by molar-refractivity contribution is 0.0696. The maximum atomic E-state index is 11.3. The van der Waals surface area contributed by atoms with Gasteiger partial charge in [-0.25, -0.2) is 9.78 Å². The third-order valence-electron chi connectivity index (χ3n) is 4.95. The van der Waals surface area contributed by atoms with Crippen LogP contribution in [0.15, 0.2) is 36.4 Å². The van der Waals surface area contributed by atoms with Crippen molar-refractivity contribution in [2.45, 2.75) is 46.6 Å². The molecule has 0 amide bonds. The lowest BCUT2D eigenvalue weighted by atomic mass is 9.98. The van der Waals surface area contributed by atoms with Crippen LogP contribution in [-0.2, 0) is 13.0 Å². The summed E-state index contributed by atoms with van der Waals surface area (Å²) in [6.07, 6.45) is 3.20. The predicted molar refractivity (Wildman–Crippen MR) is 100 cm³/mol. The minimum absolute atomic E-state index is 0.378. The number of nitrogens with zero attached hydrogens (tertiary/aromatic N) is 2. The topological polar surface area (TPSA) is 55.1 Å². The highest BCUT2D eigenvalue weighted by Crippen LogP contribution is 2.23. The van der Waals surface area contributed by atoms with E-state index >= 15 is 0 Å². The lowest BCUT2D eigenvalue weighted by Crippen LogP contribution is -2.09. The molecule has 2 aromatic carbocycles. The molecule has 0 radical (unpaired) electrons. The molecule has 4 heteroatoms. The number of aromatic nitrogens is 2. The molecule has 130 valence electrons. The van der Waals surface area contributed by atoms with Crippen LogP contribution in [0, 0.1) is 13.8 Å². The van der Waals surface area contributed by atoms with Crippen molar-refractivity contribution in [2.24, 2.45) is 0 Å². The normalized spacial score (nSPS) is 11.2. The smallest absolute Gasteiger partial charge is 0.335 e. The molecule has 0 aliphatic heterocycles. The van der Waals surface area contributed by atoms with Crippen LogP contribution in [0.2, 0.25) is 0 Å². The van der Waals surface area contributed by atoms with E-state index in [1.54, 1.807) is 6.07 Å². The molecular weight excluding hydrogens is 312 g/mol. The van der Waals surface area contributed by atoms with Crippen molar-refractivity contribution in [1.82, 2.24) is 9.55 Å². The van der Waals surface area contributed by atoms with Gasteiger partial charge in [0.25, 0.3) is 0 Å². The second kappa shape index (κ2) is 7.09. The van der Waals surface area contributed by atoms with Gasteiger partial charge >= 0.3 is 5.97 Å². The van der Waals surface area contributed by atoms with E-state index in [1.807, 2.05) is 38.1 Å². The number of aromatic carboxylic acids is 1. The van der Waals surface area contributed by atoms with Crippen LogP contribution >= 0.6 is 0 Å². The van der Waals surface area contributed by atoms with Gasteiger partial charge in [-0.3, -0.25) is 0 Å². The highest BCUT2D eigenvalue weighted by Gasteiger charge is 2.15. The molecule has 1 aromatic heterocycles. The molecule has 3 aromatic rings. The van der Waals surface area contributed by atoms with Gasteiger partial charge in [-0.05, 0) is 55.2 Å². The fraction of sp³-hybridized carbons (Fsp3) is 0.333. The third-order valence-corrected chi connectivity index (χ3v) is 4.95. The van der Waals surface area contributed by atoms with Gasteiger partial charge in [0.1, 0.15) is 5.82 Å². The number of rotatable bonds is 6.